The molecular weight excluding hydrogens is 409 g/mol. The predicted molar refractivity (Wildman–Crippen MR) is 120 cm³/mol. The Bertz CT molecular complexity index is 1020. The van der Waals surface area contributed by atoms with Gasteiger partial charge >= 0.3 is 0 Å². The predicted octanol–water partition coefficient (Wildman–Crippen LogP) is 3.48. The molecule has 32 heavy (non-hydrogen) atoms. The van der Waals surface area contributed by atoms with Crippen molar-refractivity contribution in [2.24, 2.45) is 7.05 Å². The number of carbonyl (C=O) groups excluding carboxylic acids is 2. The summed E-state index contributed by atoms with van der Waals surface area (Å²) >= 11 is 0. The van der Waals surface area contributed by atoms with Crippen LogP contribution < -0.4 is 0 Å². The molecule has 0 unspecified atom stereocenters. The summed E-state index contributed by atoms with van der Waals surface area (Å²) in [6.45, 7) is 1.28. The summed E-state index contributed by atoms with van der Waals surface area (Å²) in [6, 6.07) is 19.0. The van der Waals surface area contributed by atoms with Crippen LogP contribution in [0.2, 0.25) is 0 Å². The molecule has 0 saturated heterocycles. The number of halogens is 1. The Morgan fingerprint density at radius 2 is 1.66 bits per heavy atom. The second-order valence-electron chi connectivity index (χ2n) is 7.57. The molecule has 0 fully saturated rings. The summed E-state index contributed by atoms with van der Waals surface area (Å²) in [4.78, 5) is 29.6. The van der Waals surface area contributed by atoms with Crippen LogP contribution in [0.5, 0.6) is 0 Å². The maximum absolute atomic E-state index is 13.4. The first kappa shape index (κ1) is 23.2. The number of hydrogen-bond acceptors (Lipinski definition) is 3. The number of rotatable bonds is 10. The highest BCUT2D eigenvalue weighted by Gasteiger charge is 2.23. The second kappa shape index (κ2) is 11.2. The topological polar surface area (TPSA) is 54.8 Å². The van der Waals surface area contributed by atoms with Gasteiger partial charge in [0.2, 0.25) is 5.91 Å². The molecule has 3 aromatic rings. The standard InChI is InChI=1S/C25H28FN3O3/c1-27-14-6-9-23(27)18-29(17-20-7-4-3-5-8-20)24(30)19-28(15-16-32-2)25(31)21-10-12-22(26)13-11-21/h3-14H,15-19H2,1-2H3. The van der Waals surface area contributed by atoms with Gasteiger partial charge in [-0.3, -0.25) is 9.59 Å². The van der Waals surface area contributed by atoms with Gasteiger partial charge in [0.1, 0.15) is 12.4 Å². The van der Waals surface area contributed by atoms with Gasteiger partial charge in [-0.1, -0.05) is 30.3 Å². The highest BCUT2D eigenvalue weighted by Crippen LogP contribution is 2.13. The number of aromatic nitrogens is 1. The number of aryl methyl sites for hydroxylation is 1. The van der Waals surface area contributed by atoms with Gasteiger partial charge in [-0.15, -0.1) is 0 Å². The van der Waals surface area contributed by atoms with Crippen molar-refractivity contribution in [2.75, 3.05) is 26.8 Å². The second-order valence-corrected chi connectivity index (χ2v) is 7.57. The number of amides is 2. The van der Waals surface area contributed by atoms with Gasteiger partial charge in [0, 0.05) is 44.7 Å². The molecule has 0 aliphatic heterocycles. The number of carbonyl (C=O) groups is 2. The zero-order chi connectivity index (χ0) is 22.9. The Hall–Kier alpha value is -3.45. The molecule has 0 N–H and O–H groups in total. The van der Waals surface area contributed by atoms with Crippen LogP contribution in [0.15, 0.2) is 72.9 Å². The highest BCUT2D eigenvalue weighted by molar-refractivity contribution is 5.96. The Labute approximate surface area is 187 Å². The smallest absolute Gasteiger partial charge is 0.254 e. The van der Waals surface area contributed by atoms with E-state index < -0.39 is 5.82 Å². The van der Waals surface area contributed by atoms with Crippen LogP contribution in [0.25, 0.3) is 0 Å². The molecule has 1 heterocycles. The van der Waals surface area contributed by atoms with E-state index in [9.17, 15) is 14.0 Å². The normalized spacial score (nSPS) is 10.7. The van der Waals surface area contributed by atoms with E-state index in [-0.39, 0.29) is 31.5 Å². The van der Waals surface area contributed by atoms with Crippen molar-refractivity contribution in [3.8, 4) is 0 Å². The average Bonchev–Trinajstić information content (AvgIpc) is 3.21. The van der Waals surface area contributed by atoms with Crippen LogP contribution >= 0.6 is 0 Å². The molecule has 0 aliphatic rings. The van der Waals surface area contributed by atoms with Crippen molar-refractivity contribution in [1.29, 1.82) is 0 Å². The number of benzene rings is 2. The van der Waals surface area contributed by atoms with Crippen molar-refractivity contribution in [1.82, 2.24) is 14.4 Å². The lowest BCUT2D eigenvalue weighted by molar-refractivity contribution is -0.133. The fourth-order valence-corrected chi connectivity index (χ4v) is 3.38. The molecule has 168 valence electrons. The molecule has 2 amide bonds. The van der Waals surface area contributed by atoms with Crippen molar-refractivity contribution in [2.45, 2.75) is 13.1 Å². The summed E-state index contributed by atoms with van der Waals surface area (Å²) < 4.78 is 20.4. The fraction of sp³-hybridized carbons (Fsp3) is 0.280. The van der Waals surface area contributed by atoms with Crippen molar-refractivity contribution < 1.29 is 18.7 Å². The molecule has 0 aliphatic carbocycles. The van der Waals surface area contributed by atoms with Gasteiger partial charge in [0.05, 0.1) is 13.2 Å². The van der Waals surface area contributed by atoms with E-state index in [0.29, 0.717) is 18.7 Å². The van der Waals surface area contributed by atoms with E-state index in [1.165, 1.54) is 29.2 Å². The molecule has 3 rings (SSSR count). The lowest BCUT2D eigenvalue weighted by Crippen LogP contribution is -2.44. The zero-order valence-corrected chi connectivity index (χ0v) is 18.4. The Balaban J connectivity index is 1.80. The minimum absolute atomic E-state index is 0.100. The number of hydrogen-bond donors (Lipinski definition) is 0. The third kappa shape index (κ3) is 6.28. The fourth-order valence-electron chi connectivity index (χ4n) is 3.38. The molecule has 0 bridgehead atoms. The average molecular weight is 438 g/mol. The van der Waals surface area contributed by atoms with Gasteiger partial charge in [-0.2, -0.15) is 0 Å². The van der Waals surface area contributed by atoms with Crippen molar-refractivity contribution in [3.63, 3.8) is 0 Å². The van der Waals surface area contributed by atoms with Crippen LogP contribution in [0, 0.1) is 5.82 Å². The van der Waals surface area contributed by atoms with E-state index in [0.717, 1.165) is 11.3 Å². The number of methoxy groups -OCH3 is 1. The molecule has 2 aromatic carbocycles. The van der Waals surface area contributed by atoms with Crippen LogP contribution in [-0.2, 0) is 29.7 Å². The van der Waals surface area contributed by atoms with E-state index in [1.807, 2.05) is 60.3 Å². The Kier molecular flexibility index (Phi) is 8.16. The molecule has 7 heteroatoms. The monoisotopic (exact) mass is 437 g/mol. The summed E-state index contributed by atoms with van der Waals surface area (Å²) in [7, 11) is 3.48. The summed E-state index contributed by atoms with van der Waals surface area (Å²) in [6.07, 6.45) is 1.93. The van der Waals surface area contributed by atoms with Gasteiger partial charge < -0.3 is 19.1 Å². The molecule has 0 radical (unpaired) electrons. The van der Waals surface area contributed by atoms with E-state index in [1.54, 1.807) is 12.0 Å². The Morgan fingerprint density at radius 3 is 2.28 bits per heavy atom. The van der Waals surface area contributed by atoms with E-state index in [4.69, 9.17) is 4.74 Å². The molecule has 1 aromatic heterocycles. The van der Waals surface area contributed by atoms with E-state index in [2.05, 4.69) is 0 Å². The number of ether oxygens (including phenoxy) is 1. The minimum Gasteiger partial charge on any atom is -0.383 e. The maximum Gasteiger partial charge on any atom is 0.254 e. The SMILES string of the molecule is COCCN(CC(=O)N(Cc1ccccc1)Cc1cccn1C)C(=O)c1ccc(F)cc1. The molecule has 0 atom stereocenters. The quantitative estimate of drug-likeness (QED) is 0.488. The molecule has 6 nitrogen and oxygen atoms in total. The van der Waals surface area contributed by atoms with Crippen LogP contribution in [0.3, 0.4) is 0 Å². The summed E-state index contributed by atoms with van der Waals surface area (Å²) in [5, 5.41) is 0. The molecular formula is C25H28FN3O3. The minimum atomic E-state index is -0.419. The van der Waals surface area contributed by atoms with Gasteiger partial charge in [-0.25, -0.2) is 4.39 Å². The van der Waals surface area contributed by atoms with Gasteiger partial charge in [0.15, 0.2) is 0 Å². The highest BCUT2D eigenvalue weighted by atomic mass is 19.1. The first-order valence-electron chi connectivity index (χ1n) is 10.4. The lowest BCUT2D eigenvalue weighted by Gasteiger charge is -2.28. The molecule has 0 saturated carbocycles. The largest absolute Gasteiger partial charge is 0.383 e. The molecule has 0 spiro atoms. The van der Waals surface area contributed by atoms with Gasteiger partial charge in [0.25, 0.3) is 5.91 Å². The maximum atomic E-state index is 13.4. The summed E-state index contributed by atoms with van der Waals surface area (Å²) in [5.41, 5.74) is 2.32. The van der Waals surface area contributed by atoms with Crippen molar-refractivity contribution >= 4 is 11.8 Å². The first-order valence-corrected chi connectivity index (χ1v) is 10.4. The third-order valence-corrected chi connectivity index (χ3v) is 5.24. The van der Waals surface area contributed by atoms with E-state index >= 15 is 0 Å². The zero-order valence-electron chi connectivity index (χ0n) is 18.4. The number of nitrogens with zero attached hydrogens (tertiary/aromatic N) is 3. The van der Waals surface area contributed by atoms with Gasteiger partial charge in [-0.05, 0) is 42.0 Å². The van der Waals surface area contributed by atoms with Crippen LogP contribution in [-0.4, -0.2) is 53.0 Å². The summed E-state index contributed by atoms with van der Waals surface area (Å²) in [5.74, 6) is -0.937. The first-order chi connectivity index (χ1) is 15.5. The Morgan fingerprint density at radius 1 is 0.938 bits per heavy atom. The van der Waals surface area contributed by atoms with Crippen molar-refractivity contribution in [3.05, 3.63) is 95.6 Å². The third-order valence-electron chi connectivity index (χ3n) is 5.24. The van der Waals surface area contributed by atoms with Crippen LogP contribution in [0.4, 0.5) is 4.39 Å². The lowest BCUT2D eigenvalue weighted by atomic mass is 10.2. The van der Waals surface area contributed by atoms with Crippen LogP contribution in [0.1, 0.15) is 21.6 Å².